The maximum atomic E-state index is 15.8. The summed E-state index contributed by atoms with van der Waals surface area (Å²) in [6, 6.07) is 14.2. The number of amides is 2. The van der Waals surface area contributed by atoms with E-state index >= 15 is 4.39 Å². The first-order valence-electron chi connectivity index (χ1n) is 17.1. The second-order valence-corrected chi connectivity index (χ2v) is 13.3. The van der Waals surface area contributed by atoms with E-state index in [4.69, 9.17) is 4.74 Å². The van der Waals surface area contributed by atoms with Gasteiger partial charge in [-0.15, -0.1) is 0 Å². The highest BCUT2D eigenvalue weighted by Gasteiger charge is 2.40. The molecule has 12 heteroatoms. The number of ether oxygens (including phenoxy) is 1. The van der Waals surface area contributed by atoms with Gasteiger partial charge in [-0.05, 0) is 68.5 Å². The Labute approximate surface area is 279 Å². The zero-order chi connectivity index (χ0) is 32.9. The molecule has 1 aromatic heterocycles. The van der Waals surface area contributed by atoms with Crippen LogP contribution in [0.15, 0.2) is 54.7 Å². The highest BCUT2D eigenvalue weighted by atomic mass is 19.1. The number of aromatic nitrogens is 1. The van der Waals surface area contributed by atoms with Crippen LogP contribution in [0.2, 0.25) is 0 Å². The fraction of sp³-hybridized carbons (Fsp3) is 0.444. The van der Waals surface area contributed by atoms with Gasteiger partial charge in [-0.1, -0.05) is 18.2 Å². The molecule has 2 aromatic carbocycles. The fourth-order valence-corrected chi connectivity index (χ4v) is 7.82. The molecule has 252 valence electrons. The van der Waals surface area contributed by atoms with Crippen LogP contribution < -0.4 is 15.3 Å². The lowest BCUT2D eigenvalue weighted by atomic mass is 9.98. The summed E-state index contributed by atoms with van der Waals surface area (Å²) in [6.07, 6.45) is 5.86. The van der Waals surface area contributed by atoms with E-state index in [1.807, 2.05) is 41.5 Å². The molecule has 2 amide bonds. The van der Waals surface area contributed by atoms with Crippen molar-refractivity contribution in [1.82, 2.24) is 24.8 Å². The number of hydrogen-bond acceptors (Lipinski definition) is 8. The molecule has 1 atom stereocenters. The molecule has 5 heterocycles. The van der Waals surface area contributed by atoms with E-state index in [2.05, 4.69) is 19.8 Å². The van der Waals surface area contributed by atoms with Crippen molar-refractivity contribution in [3.8, 4) is 0 Å². The van der Waals surface area contributed by atoms with Crippen molar-refractivity contribution < 1.29 is 23.8 Å². The van der Waals surface area contributed by atoms with Crippen LogP contribution in [0, 0.1) is 5.82 Å². The van der Waals surface area contributed by atoms with Gasteiger partial charge in [0, 0.05) is 62.3 Å². The number of benzene rings is 2. The third-order valence-corrected chi connectivity index (χ3v) is 10.5. The number of aliphatic hydroxyl groups excluding tert-OH is 1. The molecule has 0 saturated carbocycles. The van der Waals surface area contributed by atoms with Crippen LogP contribution in [0.25, 0.3) is 5.70 Å². The second kappa shape index (κ2) is 12.7. The van der Waals surface area contributed by atoms with Gasteiger partial charge in [-0.2, -0.15) is 5.01 Å². The number of fused-ring (bicyclic) bond motifs is 3. The number of carbonyl (C=O) groups is 2. The normalized spacial score (nSPS) is 22.1. The Kier molecular flexibility index (Phi) is 8.19. The maximum absolute atomic E-state index is 15.8. The molecule has 0 bridgehead atoms. The van der Waals surface area contributed by atoms with Gasteiger partial charge in [0.1, 0.15) is 17.6 Å². The Morgan fingerprint density at radius 2 is 1.75 bits per heavy atom. The van der Waals surface area contributed by atoms with Gasteiger partial charge in [0.15, 0.2) is 0 Å². The zero-order valence-corrected chi connectivity index (χ0v) is 27.3. The number of aryl methyl sites for hydroxylation is 1. The Hall–Kier alpha value is -4.23. The van der Waals surface area contributed by atoms with Crippen molar-refractivity contribution in [2.45, 2.75) is 57.8 Å². The van der Waals surface area contributed by atoms with Crippen LogP contribution >= 0.6 is 0 Å². The predicted octanol–water partition coefficient (Wildman–Crippen LogP) is 3.13. The molecule has 48 heavy (non-hydrogen) atoms. The summed E-state index contributed by atoms with van der Waals surface area (Å²) in [6.45, 7) is 6.72. The number of anilines is 2. The zero-order valence-electron chi connectivity index (χ0n) is 27.3. The number of halogens is 1. The quantitative estimate of drug-likeness (QED) is 0.401. The first kappa shape index (κ1) is 31.1. The maximum Gasteiger partial charge on any atom is 0.274 e. The Morgan fingerprint density at radius 1 is 0.979 bits per heavy atom. The van der Waals surface area contributed by atoms with Gasteiger partial charge in [-0.25, -0.2) is 14.5 Å². The number of hydrazine groups is 2. The van der Waals surface area contributed by atoms with Crippen molar-refractivity contribution in [2.24, 2.45) is 0 Å². The number of hydrogen-bond donors (Lipinski definition) is 2. The smallest absolute Gasteiger partial charge is 0.274 e. The van der Waals surface area contributed by atoms with Gasteiger partial charge in [0.05, 0.1) is 42.9 Å². The number of piperazine rings is 1. The highest BCUT2D eigenvalue weighted by molar-refractivity contribution is 6.07. The molecule has 3 aromatic rings. The molecule has 2 fully saturated rings. The molecule has 11 nitrogen and oxygen atoms in total. The molecule has 0 spiro atoms. The molecule has 4 aliphatic heterocycles. The number of aliphatic hydroxyl groups is 1. The first-order valence-corrected chi connectivity index (χ1v) is 17.1. The van der Waals surface area contributed by atoms with Crippen molar-refractivity contribution >= 4 is 28.9 Å². The average molecular weight is 656 g/mol. The van der Waals surface area contributed by atoms with E-state index in [1.54, 1.807) is 23.0 Å². The third-order valence-electron chi connectivity index (χ3n) is 10.5. The molecule has 8 rings (SSSR count). The van der Waals surface area contributed by atoms with Gasteiger partial charge < -0.3 is 24.6 Å². The molecule has 2 N–H and O–H groups in total. The molecule has 5 aliphatic rings. The van der Waals surface area contributed by atoms with E-state index in [0.29, 0.717) is 60.4 Å². The predicted molar refractivity (Wildman–Crippen MR) is 179 cm³/mol. The van der Waals surface area contributed by atoms with Gasteiger partial charge in [-0.3, -0.25) is 14.5 Å². The minimum absolute atomic E-state index is 0.208. The molecular weight excluding hydrogens is 613 g/mol. The summed E-state index contributed by atoms with van der Waals surface area (Å²) < 4.78 is 23.3. The van der Waals surface area contributed by atoms with Gasteiger partial charge in [0.25, 0.3) is 11.8 Å². The van der Waals surface area contributed by atoms with Crippen molar-refractivity contribution in [2.75, 3.05) is 56.0 Å². The minimum Gasteiger partial charge on any atom is -0.392 e. The Bertz CT molecular complexity index is 1750. The summed E-state index contributed by atoms with van der Waals surface area (Å²) in [5.74, 6) is -0.988. The Morgan fingerprint density at radius 3 is 2.48 bits per heavy atom. The lowest BCUT2D eigenvalue weighted by molar-refractivity contribution is -0.134. The van der Waals surface area contributed by atoms with Crippen LogP contribution in [0.1, 0.15) is 52.6 Å². The minimum atomic E-state index is -0.556. The molecule has 0 radical (unpaired) electrons. The van der Waals surface area contributed by atoms with Crippen LogP contribution in [0.5, 0.6) is 0 Å². The van der Waals surface area contributed by atoms with Crippen molar-refractivity contribution in [3.05, 3.63) is 88.6 Å². The Balaban J connectivity index is 1.19. The highest BCUT2D eigenvalue weighted by Crippen LogP contribution is 2.38. The van der Waals surface area contributed by atoms with E-state index in [9.17, 15) is 14.7 Å². The third kappa shape index (κ3) is 5.27. The fourth-order valence-electron chi connectivity index (χ4n) is 7.82. The summed E-state index contributed by atoms with van der Waals surface area (Å²) >= 11 is 0. The monoisotopic (exact) mass is 655 g/mol. The standard InChI is InChI=1S/C36H42FN7O4/c1-24-35(46)43(44(27-8-3-2-4-9-27)40-13-11-39(12-14-40)28-22-48-23-28)34(20-38-24)29-18-26(37)19-32(30(29)21-45)42-16-15-41-31-10-6-5-7-25(31)17-33(41)36(42)47/h2-4,8-9,17-20,24,28,38,45H,5-7,10-16,21-23H2,1H3. The van der Waals surface area contributed by atoms with Crippen molar-refractivity contribution in [1.29, 1.82) is 0 Å². The number of nitrogens with zero attached hydrogens (tertiary/aromatic N) is 6. The summed E-state index contributed by atoms with van der Waals surface area (Å²) in [7, 11) is 0. The summed E-state index contributed by atoms with van der Waals surface area (Å²) in [5, 5.41) is 19.7. The molecule has 2 saturated heterocycles. The van der Waals surface area contributed by atoms with Crippen LogP contribution in [-0.2, 0) is 35.5 Å². The molecule has 1 unspecified atom stereocenters. The van der Waals surface area contributed by atoms with E-state index in [1.165, 1.54) is 23.4 Å². The van der Waals surface area contributed by atoms with Gasteiger partial charge >= 0.3 is 0 Å². The topological polar surface area (TPSA) is 96.8 Å². The number of carbonyl (C=O) groups excluding carboxylic acids is 2. The SMILES string of the molecule is CC1NC=C(c2cc(F)cc(N3CCn4c(cc5c4CCCC5)C3=O)c2CO)N(N(c2ccccc2)N2CCN(C3COC3)CC2)C1=O. The van der Waals surface area contributed by atoms with Crippen molar-refractivity contribution in [3.63, 3.8) is 0 Å². The van der Waals surface area contributed by atoms with E-state index in [-0.39, 0.29) is 11.8 Å². The lowest BCUT2D eigenvalue weighted by Gasteiger charge is -2.50. The number of para-hydroxylation sites is 1. The summed E-state index contributed by atoms with van der Waals surface area (Å²) in [5.41, 5.74) is 5.29. The molecular formula is C36H42FN7O4. The van der Waals surface area contributed by atoms with Gasteiger partial charge in [0.2, 0.25) is 0 Å². The van der Waals surface area contributed by atoms with E-state index < -0.39 is 18.5 Å². The van der Waals surface area contributed by atoms with Crippen LogP contribution in [0.3, 0.4) is 0 Å². The van der Waals surface area contributed by atoms with Crippen LogP contribution in [-0.4, -0.2) is 94.4 Å². The lowest BCUT2D eigenvalue weighted by Crippen LogP contribution is -2.65. The van der Waals surface area contributed by atoms with E-state index in [0.717, 1.165) is 57.7 Å². The number of rotatable bonds is 7. The first-order chi connectivity index (χ1) is 23.4. The average Bonchev–Trinajstić information content (AvgIpc) is 3.47. The summed E-state index contributed by atoms with van der Waals surface area (Å²) in [4.78, 5) is 32.3. The van der Waals surface area contributed by atoms with Crippen LogP contribution in [0.4, 0.5) is 15.8 Å². The second-order valence-electron chi connectivity index (χ2n) is 13.3. The largest absolute Gasteiger partial charge is 0.392 e. The molecule has 1 aliphatic carbocycles. The number of nitrogens with one attached hydrogen (secondary N) is 1.